The van der Waals surface area contributed by atoms with Crippen molar-refractivity contribution in [3.05, 3.63) is 52.8 Å². The zero-order chi connectivity index (χ0) is 28.8. The van der Waals surface area contributed by atoms with Gasteiger partial charge in [-0.15, -0.1) is 0 Å². The number of amides is 1. The van der Waals surface area contributed by atoms with Gasteiger partial charge in [-0.1, -0.05) is 11.3 Å². The largest absolute Gasteiger partial charge is 0.489 e. The highest BCUT2D eigenvalue weighted by molar-refractivity contribution is 7.16. The average molecular weight is 586 g/mol. The van der Waals surface area contributed by atoms with Gasteiger partial charge in [0, 0.05) is 51.8 Å². The van der Waals surface area contributed by atoms with Crippen molar-refractivity contribution in [1.82, 2.24) is 19.9 Å². The summed E-state index contributed by atoms with van der Waals surface area (Å²) < 4.78 is 25.0. The fourth-order valence-corrected chi connectivity index (χ4v) is 6.63. The van der Waals surface area contributed by atoms with E-state index in [0.29, 0.717) is 85.0 Å². The maximum atomic E-state index is 13.6. The summed E-state index contributed by atoms with van der Waals surface area (Å²) in [5.74, 6) is 1.27. The summed E-state index contributed by atoms with van der Waals surface area (Å²) in [7, 11) is 1.89. The first kappa shape index (κ1) is 26.6. The fraction of sp³-hybridized carbons (Fsp3) is 0.367. The molecule has 3 aromatic heterocycles. The number of nitriles is 1. The number of ether oxygens (including phenoxy) is 2. The van der Waals surface area contributed by atoms with E-state index in [4.69, 9.17) is 24.4 Å². The van der Waals surface area contributed by atoms with Gasteiger partial charge in [-0.25, -0.2) is 19.3 Å². The lowest BCUT2D eigenvalue weighted by Gasteiger charge is -2.36. The first-order valence-corrected chi connectivity index (χ1v) is 14.8. The Morgan fingerprint density at radius 3 is 2.64 bits per heavy atom. The van der Waals surface area contributed by atoms with E-state index in [1.807, 2.05) is 29.0 Å². The number of carbonyl (C=O) groups is 1. The Morgan fingerprint density at radius 2 is 1.90 bits per heavy atom. The molecule has 0 bridgehead atoms. The molecule has 2 fully saturated rings. The van der Waals surface area contributed by atoms with E-state index in [0.717, 1.165) is 29.1 Å². The van der Waals surface area contributed by atoms with Crippen molar-refractivity contribution in [1.29, 1.82) is 5.26 Å². The normalized spacial score (nSPS) is 18.2. The summed E-state index contributed by atoms with van der Waals surface area (Å²) in [5.41, 5.74) is 4.20. The van der Waals surface area contributed by atoms with Gasteiger partial charge in [-0.3, -0.25) is 4.79 Å². The molecule has 1 amide bonds. The second-order valence-corrected chi connectivity index (χ2v) is 11.6. The molecule has 3 aliphatic heterocycles. The molecule has 12 heteroatoms. The lowest BCUT2D eigenvalue weighted by molar-refractivity contribution is -0.135. The second kappa shape index (κ2) is 10.8. The highest BCUT2D eigenvalue weighted by Crippen LogP contribution is 2.45. The SMILES string of the molecule is CN(c1nc(-c2ccc(F)cc2)c(C#N)s1)c1c2c(nc3ccc(N4CCN(C(=O)[C@H]5CCOC5)CC4)nc13)CCO2. The Labute approximate surface area is 245 Å². The summed E-state index contributed by atoms with van der Waals surface area (Å²) >= 11 is 1.26. The van der Waals surface area contributed by atoms with Gasteiger partial charge in [-0.05, 0) is 42.8 Å². The molecule has 0 radical (unpaired) electrons. The molecule has 0 saturated carbocycles. The Morgan fingerprint density at radius 1 is 1.10 bits per heavy atom. The second-order valence-electron chi connectivity index (χ2n) is 10.6. The lowest BCUT2D eigenvalue weighted by atomic mass is 10.1. The summed E-state index contributed by atoms with van der Waals surface area (Å²) in [6.45, 7) is 4.32. The number of halogens is 1. The van der Waals surface area contributed by atoms with Gasteiger partial charge in [0.2, 0.25) is 5.91 Å². The Kier molecular flexibility index (Phi) is 6.84. The minimum atomic E-state index is -0.348. The van der Waals surface area contributed by atoms with Crippen molar-refractivity contribution >= 4 is 44.9 Å². The summed E-state index contributed by atoms with van der Waals surface area (Å²) in [6.07, 6.45) is 1.49. The smallest absolute Gasteiger partial charge is 0.228 e. The number of fused-ring (bicyclic) bond motifs is 2. The zero-order valence-electron chi connectivity index (χ0n) is 23.0. The molecule has 3 aliphatic rings. The molecule has 42 heavy (non-hydrogen) atoms. The molecular weight excluding hydrogens is 557 g/mol. The molecule has 4 aromatic rings. The van der Waals surface area contributed by atoms with E-state index in [1.165, 1.54) is 23.5 Å². The number of pyridine rings is 2. The number of hydrogen-bond donors (Lipinski definition) is 0. The van der Waals surface area contributed by atoms with Gasteiger partial charge in [0.25, 0.3) is 0 Å². The average Bonchev–Trinajstić information content (AvgIpc) is 3.81. The molecule has 0 spiro atoms. The molecule has 0 aliphatic carbocycles. The maximum absolute atomic E-state index is 13.6. The van der Waals surface area contributed by atoms with Crippen LogP contribution in [0.25, 0.3) is 22.3 Å². The number of rotatable bonds is 5. The molecular formula is C30H28FN7O3S. The van der Waals surface area contributed by atoms with Crippen LogP contribution in [0.1, 0.15) is 17.0 Å². The predicted molar refractivity (Wildman–Crippen MR) is 157 cm³/mol. The standard InChI is InChI=1S/C30H28FN7O3S/c1-36(30-35-25(23(16-32)42-30)18-2-4-20(31)5-3-18)27-26-21(33-22-9-15-41-28(22)27)6-7-24(34-26)37-10-12-38(13-11-37)29(39)19-8-14-40-17-19/h2-7,19H,8-15,17H2,1H3/t19-/m0/s1. The van der Waals surface area contributed by atoms with Gasteiger partial charge in [-0.2, -0.15) is 5.26 Å². The number of benzene rings is 1. The summed E-state index contributed by atoms with van der Waals surface area (Å²) in [6, 6.07) is 12.2. The van der Waals surface area contributed by atoms with Gasteiger partial charge < -0.3 is 24.2 Å². The highest BCUT2D eigenvalue weighted by atomic mass is 32.1. The molecule has 2 saturated heterocycles. The van der Waals surface area contributed by atoms with Crippen LogP contribution in [0.5, 0.6) is 5.75 Å². The van der Waals surface area contributed by atoms with E-state index in [1.54, 1.807) is 12.1 Å². The third-order valence-corrected chi connectivity index (χ3v) is 9.09. The first-order valence-electron chi connectivity index (χ1n) is 14.0. The Hall–Kier alpha value is -4.34. The van der Waals surface area contributed by atoms with Crippen LogP contribution in [-0.2, 0) is 16.0 Å². The van der Waals surface area contributed by atoms with Crippen molar-refractivity contribution < 1.29 is 18.7 Å². The molecule has 0 unspecified atom stereocenters. The third-order valence-electron chi connectivity index (χ3n) is 8.05. The fourth-order valence-electron chi connectivity index (χ4n) is 5.78. The zero-order valence-corrected chi connectivity index (χ0v) is 23.9. The van der Waals surface area contributed by atoms with Crippen molar-refractivity contribution in [2.24, 2.45) is 5.92 Å². The van der Waals surface area contributed by atoms with Crippen LogP contribution in [0.4, 0.5) is 21.0 Å². The van der Waals surface area contributed by atoms with Crippen LogP contribution >= 0.6 is 11.3 Å². The maximum Gasteiger partial charge on any atom is 0.228 e. The van der Waals surface area contributed by atoms with Crippen LogP contribution in [0.15, 0.2) is 36.4 Å². The highest BCUT2D eigenvalue weighted by Gasteiger charge is 2.31. The number of aromatic nitrogens is 3. The lowest BCUT2D eigenvalue weighted by Crippen LogP contribution is -2.50. The number of nitrogens with zero attached hydrogens (tertiary/aromatic N) is 7. The molecule has 1 atom stereocenters. The van der Waals surface area contributed by atoms with Crippen LogP contribution in [0.2, 0.25) is 0 Å². The molecule has 0 N–H and O–H groups in total. The number of anilines is 3. The molecule has 10 nitrogen and oxygen atoms in total. The van der Waals surface area contributed by atoms with Crippen molar-refractivity contribution in [3.63, 3.8) is 0 Å². The van der Waals surface area contributed by atoms with Crippen molar-refractivity contribution in [2.75, 3.05) is 62.8 Å². The third kappa shape index (κ3) is 4.68. The monoisotopic (exact) mass is 585 g/mol. The van der Waals surface area contributed by atoms with Crippen molar-refractivity contribution in [2.45, 2.75) is 12.8 Å². The van der Waals surface area contributed by atoms with E-state index in [-0.39, 0.29) is 17.6 Å². The molecule has 7 rings (SSSR count). The number of piperazine rings is 1. The van der Waals surface area contributed by atoms with E-state index in [9.17, 15) is 14.4 Å². The van der Waals surface area contributed by atoms with Crippen molar-refractivity contribution in [3.8, 4) is 23.1 Å². The minimum Gasteiger partial charge on any atom is -0.489 e. The van der Waals surface area contributed by atoms with Gasteiger partial charge in [0.15, 0.2) is 10.9 Å². The molecule has 214 valence electrons. The van der Waals surface area contributed by atoms with E-state index >= 15 is 0 Å². The van der Waals surface area contributed by atoms with E-state index < -0.39 is 0 Å². The predicted octanol–water partition coefficient (Wildman–Crippen LogP) is 4.15. The number of hydrogen-bond acceptors (Lipinski definition) is 10. The topological polar surface area (TPSA) is 108 Å². The number of carbonyl (C=O) groups excluding carboxylic acids is 1. The van der Waals surface area contributed by atoms with Crippen LogP contribution in [0.3, 0.4) is 0 Å². The van der Waals surface area contributed by atoms with Crippen LogP contribution in [-0.4, -0.2) is 78.8 Å². The van der Waals surface area contributed by atoms with Gasteiger partial charge in [0.1, 0.15) is 39.5 Å². The van der Waals surface area contributed by atoms with Gasteiger partial charge in [0.05, 0.1) is 30.3 Å². The first-order chi connectivity index (χ1) is 20.5. The Balaban J connectivity index is 1.22. The minimum absolute atomic E-state index is 0.0300. The summed E-state index contributed by atoms with van der Waals surface area (Å²) in [5, 5.41) is 10.5. The van der Waals surface area contributed by atoms with Gasteiger partial charge >= 0.3 is 0 Å². The Bertz CT molecular complexity index is 1710. The molecule has 1 aromatic carbocycles. The number of thiazole rings is 1. The molecule has 6 heterocycles. The van der Waals surface area contributed by atoms with Crippen LogP contribution < -0.4 is 14.5 Å². The van der Waals surface area contributed by atoms with Crippen LogP contribution in [0, 0.1) is 23.1 Å². The summed E-state index contributed by atoms with van der Waals surface area (Å²) in [4.78, 5) is 34.1. The van der Waals surface area contributed by atoms with E-state index in [2.05, 4.69) is 11.0 Å². The quantitative estimate of drug-likeness (QED) is 0.341.